The molecule has 3 saturated heterocycles. The third-order valence-electron chi connectivity index (χ3n) is 6.19. The Morgan fingerprint density at radius 2 is 2.06 bits per heavy atom. The van der Waals surface area contributed by atoms with E-state index in [9.17, 15) is 18.0 Å². The molecule has 9 nitrogen and oxygen atoms in total. The number of carbonyl (C=O) groups is 2. The quantitative estimate of drug-likeness (QED) is 0.717. The highest BCUT2D eigenvalue weighted by atomic mass is 32.2. The van der Waals surface area contributed by atoms with Crippen LogP contribution < -0.4 is 15.1 Å². The minimum Gasteiger partial charge on any atom is -0.442 e. The zero-order valence-electron chi connectivity index (χ0n) is 17.6. The molecule has 2 amide bonds. The third kappa shape index (κ3) is 4.47. The van der Waals surface area contributed by atoms with Crippen molar-refractivity contribution in [2.24, 2.45) is 5.92 Å². The summed E-state index contributed by atoms with van der Waals surface area (Å²) in [7, 11) is -3.31. The van der Waals surface area contributed by atoms with E-state index in [0.717, 1.165) is 12.8 Å². The van der Waals surface area contributed by atoms with E-state index >= 15 is 4.39 Å². The Morgan fingerprint density at radius 1 is 1.29 bits per heavy atom. The molecular formula is C20H27FN4O5S. The molecule has 0 bridgehead atoms. The Labute approximate surface area is 181 Å². The summed E-state index contributed by atoms with van der Waals surface area (Å²) in [5, 5.41) is 2.61. The second-order valence-corrected chi connectivity index (χ2v) is 10.4. The third-order valence-corrected chi connectivity index (χ3v) is 7.50. The van der Waals surface area contributed by atoms with Gasteiger partial charge in [-0.2, -0.15) is 4.31 Å². The van der Waals surface area contributed by atoms with Gasteiger partial charge in [-0.25, -0.2) is 17.6 Å². The van der Waals surface area contributed by atoms with Crippen LogP contribution in [0.25, 0.3) is 0 Å². The molecule has 1 aromatic rings. The summed E-state index contributed by atoms with van der Waals surface area (Å²) in [6.45, 7) is 3.34. The van der Waals surface area contributed by atoms with Crippen molar-refractivity contribution in [3.8, 4) is 0 Å². The van der Waals surface area contributed by atoms with E-state index < -0.39 is 28.0 Å². The first kappa shape index (κ1) is 21.8. The summed E-state index contributed by atoms with van der Waals surface area (Å²) in [5.41, 5.74) is 0.778. The summed E-state index contributed by atoms with van der Waals surface area (Å²) in [6.07, 6.45) is 1.87. The smallest absolute Gasteiger partial charge is 0.414 e. The standard InChI is InChI=1S/C20H27FN4O5S/c1-13(26)22-9-16-11-24(20(27)30-16)15-5-6-18(17(21)8-15)23-10-14-4-3-7-25(19(14)12-23)31(2,28)29/h5-6,8,14,16,19H,3-4,7,9-12H2,1-2H3,(H,22,26)/t14?,16?,19-/m1/s1. The maximum Gasteiger partial charge on any atom is 0.414 e. The summed E-state index contributed by atoms with van der Waals surface area (Å²) in [6, 6.07) is 4.44. The number of hydrogen-bond acceptors (Lipinski definition) is 6. The Hall–Kier alpha value is -2.40. The van der Waals surface area contributed by atoms with E-state index in [-0.39, 0.29) is 31.0 Å². The Bertz CT molecular complexity index is 988. The van der Waals surface area contributed by atoms with Crippen LogP contribution in [0, 0.1) is 11.7 Å². The molecule has 3 heterocycles. The van der Waals surface area contributed by atoms with Crippen LogP contribution in [0.1, 0.15) is 19.8 Å². The van der Waals surface area contributed by atoms with Crippen molar-refractivity contribution < 1.29 is 27.1 Å². The normalized spacial score (nSPS) is 26.7. The van der Waals surface area contributed by atoms with E-state index in [2.05, 4.69) is 5.32 Å². The van der Waals surface area contributed by atoms with Crippen LogP contribution in [0.5, 0.6) is 0 Å². The molecular weight excluding hydrogens is 427 g/mol. The highest BCUT2D eigenvalue weighted by Gasteiger charge is 2.43. The van der Waals surface area contributed by atoms with Gasteiger partial charge in [-0.15, -0.1) is 0 Å². The zero-order valence-corrected chi connectivity index (χ0v) is 18.4. The molecule has 11 heteroatoms. The first-order valence-corrected chi connectivity index (χ1v) is 12.2. The molecule has 0 spiro atoms. The summed E-state index contributed by atoms with van der Waals surface area (Å²) >= 11 is 0. The van der Waals surface area contributed by atoms with Crippen molar-refractivity contribution in [2.75, 3.05) is 48.8 Å². The zero-order chi connectivity index (χ0) is 22.3. The number of sulfonamides is 1. The lowest BCUT2D eigenvalue weighted by Crippen LogP contribution is -2.47. The number of halogens is 1. The highest BCUT2D eigenvalue weighted by molar-refractivity contribution is 7.88. The van der Waals surface area contributed by atoms with Crippen LogP contribution in [-0.4, -0.2) is 75.8 Å². The van der Waals surface area contributed by atoms with Crippen molar-refractivity contribution in [3.05, 3.63) is 24.0 Å². The van der Waals surface area contributed by atoms with Crippen molar-refractivity contribution >= 4 is 33.4 Å². The maximum absolute atomic E-state index is 15.0. The molecule has 170 valence electrons. The first-order chi connectivity index (χ1) is 14.6. The van der Waals surface area contributed by atoms with Gasteiger partial charge >= 0.3 is 6.09 Å². The molecule has 0 aromatic heterocycles. The van der Waals surface area contributed by atoms with Gasteiger partial charge in [0.05, 0.1) is 30.7 Å². The minimum atomic E-state index is -3.31. The van der Waals surface area contributed by atoms with E-state index in [4.69, 9.17) is 4.74 Å². The van der Waals surface area contributed by atoms with Crippen molar-refractivity contribution in [1.29, 1.82) is 0 Å². The number of ether oxygens (including phenoxy) is 1. The predicted octanol–water partition coefficient (Wildman–Crippen LogP) is 1.15. The first-order valence-electron chi connectivity index (χ1n) is 10.4. The molecule has 4 rings (SSSR count). The number of amides is 2. The van der Waals surface area contributed by atoms with E-state index in [0.29, 0.717) is 31.0 Å². The van der Waals surface area contributed by atoms with E-state index in [1.54, 1.807) is 16.4 Å². The van der Waals surface area contributed by atoms with Crippen molar-refractivity contribution in [1.82, 2.24) is 9.62 Å². The molecule has 3 fully saturated rings. The SMILES string of the molecule is CC(=O)NCC1CN(c2ccc(N3CC4CCCN(S(C)(=O)=O)[C@@H]4C3)c(F)c2)C(=O)O1. The number of rotatable bonds is 5. The van der Waals surface area contributed by atoms with Gasteiger partial charge < -0.3 is 15.0 Å². The second-order valence-electron chi connectivity index (χ2n) is 8.44. The number of nitrogens with one attached hydrogen (secondary N) is 1. The van der Waals surface area contributed by atoms with Crippen molar-refractivity contribution in [2.45, 2.75) is 31.9 Å². The van der Waals surface area contributed by atoms with Gasteiger partial charge in [0.1, 0.15) is 11.9 Å². The fourth-order valence-corrected chi connectivity index (χ4v) is 5.96. The fourth-order valence-electron chi connectivity index (χ4n) is 4.76. The number of piperidine rings is 1. The van der Waals surface area contributed by atoms with Crippen LogP contribution in [0.4, 0.5) is 20.6 Å². The molecule has 1 aromatic carbocycles. The largest absolute Gasteiger partial charge is 0.442 e. The van der Waals surface area contributed by atoms with E-state index in [1.807, 2.05) is 4.90 Å². The number of anilines is 2. The van der Waals surface area contributed by atoms with Gasteiger partial charge in [0, 0.05) is 32.6 Å². The fraction of sp³-hybridized carbons (Fsp3) is 0.600. The predicted molar refractivity (Wildman–Crippen MR) is 113 cm³/mol. The molecule has 31 heavy (non-hydrogen) atoms. The van der Waals surface area contributed by atoms with Crippen LogP contribution in [0.2, 0.25) is 0 Å². The topological polar surface area (TPSA) is 99.3 Å². The van der Waals surface area contributed by atoms with Gasteiger partial charge in [-0.05, 0) is 37.0 Å². The molecule has 0 radical (unpaired) electrons. The van der Waals surface area contributed by atoms with Gasteiger partial charge in [0.15, 0.2) is 0 Å². The number of hydrogen-bond donors (Lipinski definition) is 1. The molecule has 2 unspecified atom stereocenters. The average molecular weight is 455 g/mol. The van der Waals surface area contributed by atoms with Gasteiger partial charge in [0.25, 0.3) is 0 Å². The monoisotopic (exact) mass is 454 g/mol. The molecule has 3 aliphatic heterocycles. The minimum absolute atomic E-state index is 0.147. The van der Waals surface area contributed by atoms with Crippen LogP contribution in [0.3, 0.4) is 0 Å². The Kier molecular flexibility index (Phi) is 5.82. The van der Waals surface area contributed by atoms with Crippen LogP contribution in [-0.2, 0) is 19.6 Å². The van der Waals surface area contributed by atoms with Gasteiger partial charge in [-0.1, -0.05) is 0 Å². The lowest BCUT2D eigenvalue weighted by molar-refractivity contribution is -0.119. The summed E-state index contributed by atoms with van der Waals surface area (Å²) in [4.78, 5) is 26.5. The van der Waals surface area contributed by atoms with Gasteiger partial charge in [-0.3, -0.25) is 9.69 Å². The van der Waals surface area contributed by atoms with Crippen molar-refractivity contribution in [3.63, 3.8) is 0 Å². The van der Waals surface area contributed by atoms with Gasteiger partial charge in [0.2, 0.25) is 15.9 Å². The molecule has 0 aliphatic carbocycles. The van der Waals surface area contributed by atoms with Crippen LogP contribution in [0.15, 0.2) is 18.2 Å². The lowest BCUT2D eigenvalue weighted by Gasteiger charge is -2.34. The summed E-state index contributed by atoms with van der Waals surface area (Å²) in [5.74, 6) is -0.517. The lowest BCUT2D eigenvalue weighted by atomic mass is 9.94. The number of benzene rings is 1. The maximum atomic E-state index is 15.0. The van der Waals surface area contributed by atoms with E-state index in [1.165, 1.54) is 24.1 Å². The molecule has 3 atom stereocenters. The molecule has 1 N–H and O–H groups in total. The number of nitrogens with zero attached hydrogens (tertiary/aromatic N) is 3. The Morgan fingerprint density at radius 3 is 2.74 bits per heavy atom. The average Bonchev–Trinajstić information content (AvgIpc) is 3.28. The number of cyclic esters (lactones) is 1. The Balaban J connectivity index is 1.47. The number of carbonyl (C=O) groups excluding carboxylic acids is 2. The highest BCUT2D eigenvalue weighted by Crippen LogP contribution is 2.36. The van der Waals surface area contributed by atoms with Crippen LogP contribution >= 0.6 is 0 Å². The number of fused-ring (bicyclic) bond motifs is 1. The second kappa shape index (κ2) is 8.27. The molecule has 0 saturated carbocycles. The molecule has 3 aliphatic rings. The summed E-state index contributed by atoms with van der Waals surface area (Å²) < 4.78 is 46.1.